The smallest absolute Gasteiger partial charge is 0.227 e. The van der Waals surface area contributed by atoms with Crippen LogP contribution in [0, 0.1) is 5.82 Å². The Hall–Kier alpha value is -3.58. The number of nitrogens with zero attached hydrogens (tertiary/aromatic N) is 4. The number of hydrogen-bond acceptors (Lipinski definition) is 6. The van der Waals surface area contributed by atoms with Gasteiger partial charge in [-0.1, -0.05) is 30.3 Å². The van der Waals surface area contributed by atoms with Gasteiger partial charge in [0.25, 0.3) is 0 Å². The normalized spacial score (nSPS) is 14.1. The lowest BCUT2D eigenvalue weighted by Crippen LogP contribution is -2.36. The van der Waals surface area contributed by atoms with E-state index in [-0.39, 0.29) is 5.82 Å². The van der Waals surface area contributed by atoms with E-state index >= 15 is 0 Å². The van der Waals surface area contributed by atoms with E-state index in [1.807, 2.05) is 36.4 Å². The standard InChI is InChI=1S/C23H20FN5O/c24-18-5-1-3-16(13-18)20-6-2-4-17-14-26-23(28-22(17)20)27-19-7-8-21(25-15-19)29-9-11-30-12-10-29/h1-8,13-15H,9-12H2,(H,26,27,28). The second-order valence-electron chi connectivity index (χ2n) is 7.08. The SMILES string of the molecule is Fc1cccc(-c2cccc3cnc(Nc4ccc(N5CCOCC5)nc4)nc23)c1. The Labute approximate surface area is 173 Å². The number of halogens is 1. The first kappa shape index (κ1) is 18.4. The predicted molar refractivity (Wildman–Crippen MR) is 115 cm³/mol. The number of benzene rings is 2. The molecule has 30 heavy (non-hydrogen) atoms. The Morgan fingerprint density at radius 1 is 0.933 bits per heavy atom. The first-order valence-corrected chi connectivity index (χ1v) is 9.84. The summed E-state index contributed by atoms with van der Waals surface area (Å²) in [6, 6.07) is 16.3. The number of pyridine rings is 1. The summed E-state index contributed by atoms with van der Waals surface area (Å²) >= 11 is 0. The van der Waals surface area contributed by atoms with Crippen LogP contribution in [-0.4, -0.2) is 41.3 Å². The van der Waals surface area contributed by atoms with Gasteiger partial charge in [-0.25, -0.2) is 19.3 Å². The van der Waals surface area contributed by atoms with Crippen molar-refractivity contribution in [2.24, 2.45) is 0 Å². The van der Waals surface area contributed by atoms with Crippen molar-refractivity contribution in [2.75, 3.05) is 36.5 Å². The van der Waals surface area contributed by atoms with Crippen LogP contribution >= 0.6 is 0 Å². The molecule has 2 aromatic heterocycles. The van der Waals surface area contributed by atoms with Gasteiger partial charge in [0.2, 0.25) is 5.95 Å². The Morgan fingerprint density at radius 2 is 1.80 bits per heavy atom. The summed E-state index contributed by atoms with van der Waals surface area (Å²) in [5.41, 5.74) is 3.20. The van der Waals surface area contributed by atoms with Gasteiger partial charge in [-0.15, -0.1) is 0 Å². The molecule has 0 radical (unpaired) electrons. The second-order valence-corrected chi connectivity index (χ2v) is 7.08. The molecule has 3 heterocycles. The zero-order valence-corrected chi connectivity index (χ0v) is 16.3. The van der Waals surface area contributed by atoms with Crippen molar-refractivity contribution >= 4 is 28.4 Å². The highest BCUT2D eigenvalue weighted by atomic mass is 19.1. The molecular formula is C23H20FN5O. The van der Waals surface area contributed by atoms with Gasteiger partial charge < -0.3 is 15.0 Å². The van der Waals surface area contributed by atoms with Crippen molar-refractivity contribution in [2.45, 2.75) is 0 Å². The first-order chi connectivity index (χ1) is 14.8. The third-order valence-corrected chi connectivity index (χ3v) is 5.09. The van der Waals surface area contributed by atoms with Crippen LogP contribution in [0.1, 0.15) is 0 Å². The minimum absolute atomic E-state index is 0.275. The highest BCUT2D eigenvalue weighted by Crippen LogP contribution is 2.28. The average Bonchev–Trinajstić information content (AvgIpc) is 2.80. The molecule has 1 N–H and O–H groups in total. The summed E-state index contributed by atoms with van der Waals surface area (Å²) in [6.45, 7) is 3.13. The zero-order chi connectivity index (χ0) is 20.3. The number of ether oxygens (including phenoxy) is 1. The highest BCUT2D eigenvalue weighted by Gasteiger charge is 2.12. The lowest BCUT2D eigenvalue weighted by molar-refractivity contribution is 0.122. The largest absolute Gasteiger partial charge is 0.378 e. The van der Waals surface area contributed by atoms with Crippen LogP contribution in [0.5, 0.6) is 0 Å². The molecule has 150 valence electrons. The molecule has 7 heteroatoms. The Balaban J connectivity index is 1.43. The van der Waals surface area contributed by atoms with Gasteiger partial charge in [-0.3, -0.25) is 0 Å². The van der Waals surface area contributed by atoms with Crippen LogP contribution in [0.25, 0.3) is 22.0 Å². The van der Waals surface area contributed by atoms with E-state index in [1.54, 1.807) is 18.5 Å². The fraction of sp³-hybridized carbons (Fsp3) is 0.174. The van der Waals surface area contributed by atoms with E-state index in [0.717, 1.165) is 59.8 Å². The number of morpholine rings is 1. The molecule has 0 atom stereocenters. The summed E-state index contributed by atoms with van der Waals surface area (Å²) in [7, 11) is 0. The second kappa shape index (κ2) is 8.04. The highest BCUT2D eigenvalue weighted by molar-refractivity contribution is 5.93. The molecule has 0 saturated carbocycles. The summed E-state index contributed by atoms with van der Waals surface area (Å²) in [5, 5.41) is 4.11. The third kappa shape index (κ3) is 3.79. The van der Waals surface area contributed by atoms with Crippen LogP contribution in [0.4, 0.5) is 21.8 Å². The van der Waals surface area contributed by atoms with E-state index in [1.165, 1.54) is 12.1 Å². The molecule has 6 nitrogen and oxygen atoms in total. The Bertz CT molecular complexity index is 1180. The van der Waals surface area contributed by atoms with Crippen molar-refractivity contribution in [1.29, 1.82) is 0 Å². The molecule has 0 unspecified atom stereocenters. The summed E-state index contributed by atoms with van der Waals surface area (Å²) in [6.07, 6.45) is 3.54. The monoisotopic (exact) mass is 401 g/mol. The number of anilines is 3. The van der Waals surface area contributed by atoms with E-state index in [9.17, 15) is 4.39 Å². The van der Waals surface area contributed by atoms with Crippen LogP contribution < -0.4 is 10.2 Å². The number of hydrogen-bond donors (Lipinski definition) is 1. The third-order valence-electron chi connectivity index (χ3n) is 5.09. The number of para-hydroxylation sites is 1. The number of fused-ring (bicyclic) bond motifs is 1. The Kier molecular flexibility index (Phi) is 4.94. The number of aromatic nitrogens is 3. The fourth-order valence-electron chi connectivity index (χ4n) is 3.57. The molecule has 0 spiro atoms. The molecule has 1 aliphatic rings. The van der Waals surface area contributed by atoms with Gasteiger partial charge >= 0.3 is 0 Å². The van der Waals surface area contributed by atoms with Gasteiger partial charge in [-0.05, 0) is 29.8 Å². The molecule has 2 aromatic carbocycles. The van der Waals surface area contributed by atoms with E-state index < -0.39 is 0 Å². The molecule has 4 aromatic rings. The van der Waals surface area contributed by atoms with Crippen LogP contribution in [0.15, 0.2) is 67.0 Å². The van der Waals surface area contributed by atoms with E-state index in [4.69, 9.17) is 4.74 Å². The minimum Gasteiger partial charge on any atom is -0.378 e. The maximum Gasteiger partial charge on any atom is 0.227 e. The summed E-state index contributed by atoms with van der Waals surface area (Å²) < 4.78 is 19.1. The fourth-order valence-corrected chi connectivity index (χ4v) is 3.57. The Morgan fingerprint density at radius 3 is 2.60 bits per heavy atom. The van der Waals surface area contributed by atoms with Gasteiger partial charge in [0.15, 0.2) is 0 Å². The van der Waals surface area contributed by atoms with Crippen molar-refractivity contribution < 1.29 is 9.13 Å². The number of rotatable bonds is 4. The van der Waals surface area contributed by atoms with Gasteiger partial charge in [-0.2, -0.15) is 0 Å². The maximum absolute atomic E-state index is 13.7. The molecule has 1 aliphatic heterocycles. The summed E-state index contributed by atoms with van der Waals surface area (Å²) in [5.74, 6) is 1.12. The minimum atomic E-state index is -0.275. The molecule has 1 fully saturated rings. The molecule has 0 bridgehead atoms. The zero-order valence-electron chi connectivity index (χ0n) is 16.3. The molecule has 1 saturated heterocycles. The quantitative estimate of drug-likeness (QED) is 0.547. The summed E-state index contributed by atoms with van der Waals surface area (Å²) in [4.78, 5) is 15.9. The maximum atomic E-state index is 13.7. The average molecular weight is 401 g/mol. The van der Waals surface area contributed by atoms with Crippen molar-refractivity contribution in [1.82, 2.24) is 15.0 Å². The van der Waals surface area contributed by atoms with Crippen molar-refractivity contribution in [3.8, 4) is 11.1 Å². The van der Waals surface area contributed by atoms with Crippen LogP contribution in [0.2, 0.25) is 0 Å². The molecule has 0 amide bonds. The molecular weight excluding hydrogens is 381 g/mol. The predicted octanol–water partition coefficient (Wildman–Crippen LogP) is 4.41. The van der Waals surface area contributed by atoms with Gasteiger partial charge in [0.05, 0.1) is 30.6 Å². The first-order valence-electron chi connectivity index (χ1n) is 9.84. The van der Waals surface area contributed by atoms with Crippen LogP contribution in [-0.2, 0) is 4.74 Å². The van der Waals surface area contributed by atoms with E-state index in [2.05, 4.69) is 25.2 Å². The van der Waals surface area contributed by atoms with Crippen molar-refractivity contribution in [3.05, 3.63) is 72.8 Å². The van der Waals surface area contributed by atoms with Crippen LogP contribution in [0.3, 0.4) is 0 Å². The lowest BCUT2D eigenvalue weighted by Gasteiger charge is -2.27. The topological polar surface area (TPSA) is 63.2 Å². The molecule has 0 aliphatic carbocycles. The number of nitrogens with one attached hydrogen (secondary N) is 1. The van der Waals surface area contributed by atoms with Gasteiger partial charge in [0.1, 0.15) is 11.6 Å². The van der Waals surface area contributed by atoms with E-state index in [0.29, 0.717) is 5.95 Å². The lowest BCUT2D eigenvalue weighted by atomic mass is 10.0. The van der Waals surface area contributed by atoms with Crippen molar-refractivity contribution in [3.63, 3.8) is 0 Å². The molecule has 5 rings (SSSR count). The van der Waals surface area contributed by atoms with Gasteiger partial charge in [0, 0.05) is 30.2 Å².